The van der Waals surface area contributed by atoms with Crippen molar-refractivity contribution in [2.24, 2.45) is 0 Å². The molecule has 0 nitrogen and oxygen atoms in total. The van der Waals surface area contributed by atoms with E-state index in [4.69, 9.17) is 0 Å². The molecule has 0 atom stereocenters. The van der Waals surface area contributed by atoms with Crippen LogP contribution >= 0.6 is 0 Å². The minimum Gasteiger partial charge on any atom is -0.124 e. The molecule has 0 bridgehead atoms. The van der Waals surface area contributed by atoms with Crippen molar-refractivity contribution >= 4 is 0 Å². The maximum absolute atomic E-state index is 3.83. The number of hydrogen-bond donors (Lipinski definition) is 0. The highest BCUT2D eigenvalue weighted by atomic mass is 13.9. The lowest BCUT2D eigenvalue weighted by atomic mass is 10.1. The van der Waals surface area contributed by atoms with Crippen molar-refractivity contribution in [3.8, 4) is 0 Å². The van der Waals surface area contributed by atoms with Crippen LogP contribution < -0.4 is 0 Å². The van der Waals surface area contributed by atoms with E-state index >= 15 is 0 Å². The van der Waals surface area contributed by atoms with Crippen LogP contribution in [0.5, 0.6) is 0 Å². The van der Waals surface area contributed by atoms with E-state index in [-0.39, 0.29) is 0 Å². The van der Waals surface area contributed by atoms with Gasteiger partial charge in [-0.15, -0.1) is 5.73 Å². The van der Waals surface area contributed by atoms with Crippen LogP contribution in [0.4, 0.5) is 0 Å². The molecular weight excluding hydrogens is 120 g/mol. The van der Waals surface area contributed by atoms with E-state index in [0.717, 1.165) is 17.6 Å². The molecule has 0 radical (unpaired) electrons. The number of rotatable bonds is 0. The molecular formula is C10H10. The third-order valence-corrected chi connectivity index (χ3v) is 1.36. The van der Waals surface area contributed by atoms with Crippen molar-refractivity contribution in [2.45, 2.75) is 6.42 Å². The van der Waals surface area contributed by atoms with Gasteiger partial charge in [0.2, 0.25) is 0 Å². The molecule has 0 aromatic heterocycles. The lowest BCUT2D eigenvalue weighted by Crippen LogP contribution is -1.78. The Morgan fingerprint density at radius 3 is 2.90 bits per heavy atom. The van der Waals surface area contributed by atoms with Gasteiger partial charge in [0.05, 0.1) is 0 Å². The first-order valence-corrected chi connectivity index (χ1v) is 3.26. The lowest BCUT2D eigenvalue weighted by molar-refractivity contribution is 1.37. The largest absolute Gasteiger partial charge is 0.124 e. The summed E-state index contributed by atoms with van der Waals surface area (Å²) in [6.45, 7) is 7.63. The molecule has 1 aliphatic rings. The van der Waals surface area contributed by atoms with Gasteiger partial charge in [-0.05, 0) is 29.7 Å². The standard InChI is InChI=1S/C10H10/c1-9-7-5-3-4-6-8-10(9)2/h3,6-8H,1-2,4H2/b8-6-. The highest BCUT2D eigenvalue weighted by molar-refractivity contribution is 5.43. The predicted molar refractivity (Wildman–Crippen MR) is 44.7 cm³/mol. The van der Waals surface area contributed by atoms with Crippen LogP contribution in [0, 0.1) is 0 Å². The van der Waals surface area contributed by atoms with Crippen molar-refractivity contribution in [1.82, 2.24) is 0 Å². The molecule has 0 aliphatic heterocycles. The van der Waals surface area contributed by atoms with Gasteiger partial charge in [-0.2, -0.15) is 0 Å². The van der Waals surface area contributed by atoms with E-state index < -0.39 is 0 Å². The average Bonchev–Trinajstić information content (AvgIpc) is 1.92. The minimum absolute atomic E-state index is 0.933. The average molecular weight is 130 g/mol. The summed E-state index contributed by atoms with van der Waals surface area (Å²) in [4.78, 5) is 0. The fourth-order valence-corrected chi connectivity index (χ4v) is 0.706. The maximum Gasteiger partial charge on any atom is -0.00896 e. The van der Waals surface area contributed by atoms with Gasteiger partial charge < -0.3 is 0 Å². The second-order valence-corrected chi connectivity index (χ2v) is 2.20. The minimum atomic E-state index is 0.933. The van der Waals surface area contributed by atoms with Crippen LogP contribution in [0.15, 0.2) is 54.3 Å². The summed E-state index contributed by atoms with van der Waals surface area (Å²) in [5.41, 5.74) is 4.92. The maximum atomic E-state index is 3.83. The molecule has 50 valence electrons. The van der Waals surface area contributed by atoms with Crippen LogP contribution in [0.2, 0.25) is 0 Å². The Bertz CT molecular complexity index is 245. The molecule has 0 aromatic rings. The van der Waals surface area contributed by atoms with E-state index in [1.807, 2.05) is 24.3 Å². The lowest BCUT2D eigenvalue weighted by Gasteiger charge is -1.97. The van der Waals surface area contributed by atoms with E-state index in [0.29, 0.717) is 0 Å². The first-order chi connectivity index (χ1) is 4.80. The molecule has 0 unspecified atom stereocenters. The molecule has 0 saturated heterocycles. The summed E-state index contributed by atoms with van der Waals surface area (Å²) in [6.07, 6.45) is 8.78. The van der Waals surface area contributed by atoms with Gasteiger partial charge >= 0.3 is 0 Å². The Labute approximate surface area is 61.6 Å². The van der Waals surface area contributed by atoms with Crippen molar-refractivity contribution in [2.75, 3.05) is 0 Å². The molecule has 0 aromatic carbocycles. The van der Waals surface area contributed by atoms with Crippen LogP contribution in [-0.4, -0.2) is 0 Å². The molecule has 10 heavy (non-hydrogen) atoms. The fraction of sp³-hybridized carbons (Fsp3) is 0.100. The summed E-state index contributed by atoms with van der Waals surface area (Å²) in [5, 5.41) is 0. The highest BCUT2D eigenvalue weighted by Gasteiger charge is 1.90. The van der Waals surface area contributed by atoms with Crippen molar-refractivity contribution in [3.05, 3.63) is 54.3 Å². The van der Waals surface area contributed by atoms with Gasteiger partial charge in [-0.3, -0.25) is 0 Å². The molecule has 0 heterocycles. The van der Waals surface area contributed by atoms with E-state index in [9.17, 15) is 0 Å². The Balaban J connectivity index is 2.94. The SMILES string of the molecule is C=C1C=C=CC/C=C\C1=C. The monoisotopic (exact) mass is 130 g/mol. The molecule has 0 heteroatoms. The van der Waals surface area contributed by atoms with Gasteiger partial charge in [0.25, 0.3) is 0 Å². The van der Waals surface area contributed by atoms with Crippen molar-refractivity contribution in [3.63, 3.8) is 0 Å². The normalized spacial score (nSPS) is 20.4. The molecule has 0 fully saturated rings. The fourth-order valence-electron chi connectivity index (χ4n) is 0.706. The van der Waals surface area contributed by atoms with Crippen molar-refractivity contribution < 1.29 is 0 Å². The van der Waals surface area contributed by atoms with Crippen molar-refractivity contribution in [1.29, 1.82) is 0 Å². The predicted octanol–water partition coefficient (Wildman–Crippen LogP) is 2.77. The summed E-state index contributed by atoms with van der Waals surface area (Å²) >= 11 is 0. The van der Waals surface area contributed by atoms with Gasteiger partial charge in [0.15, 0.2) is 0 Å². The van der Waals surface area contributed by atoms with E-state index in [2.05, 4.69) is 18.9 Å². The molecule has 0 N–H and O–H groups in total. The van der Waals surface area contributed by atoms with E-state index in [1.165, 1.54) is 0 Å². The second-order valence-electron chi connectivity index (χ2n) is 2.20. The van der Waals surface area contributed by atoms with E-state index in [1.54, 1.807) is 0 Å². The summed E-state index contributed by atoms with van der Waals surface area (Å²) < 4.78 is 0. The first-order valence-electron chi connectivity index (χ1n) is 3.26. The Morgan fingerprint density at radius 1 is 1.30 bits per heavy atom. The van der Waals surface area contributed by atoms with Crippen LogP contribution in [-0.2, 0) is 0 Å². The zero-order valence-corrected chi connectivity index (χ0v) is 5.93. The third-order valence-electron chi connectivity index (χ3n) is 1.36. The summed E-state index contributed by atoms with van der Waals surface area (Å²) in [6, 6.07) is 0. The number of allylic oxidation sites excluding steroid dienone is 5. The Morgan fingerprint density at radius 2 is 2.10 bits per heavy atom. The van der Waals surface area contributed by atoms with Crippen LogP contribution in [0.3, 0.4) is 0 Å². The van der Waals surface area contributed by atoms with Gasteiger partial charge in [0, 0.05) is 0 Å². The number of hydrogen-bond acceptors (Lipinski definition) is 0. The van der Waals surface area contributed by atoms with Gasteiger partial charge in [0.1, 0.15) is 0 Å². The molecule has 1 aliphatic carbocycles. The zero-order valence-electron chi connectivity index (χ0n) is 5.93. The summed E-state index contributed by atoms with van der Waals surface area (Å²) in [5.74, 6) is 0. The Kier molecular flexibility index (Phi) is 2.09. The molecule has 1 rings (SSSR count). The molecule has 0 spiro atoms. The molecule has 0 amide bonds. The Hall–Kier alpha value is -1.26. The quantitative estimate of drug-likeness (QED) is 0.442. The second kappa shape index (κ2) is 3.05. The third kappa shape index (κ3) is 1.61. The summed E-state index contributed by atoms with van der Waals surface area (Å²) in [7, 11) is 0. The highest BCUT2D eigenvalue weighted by Crippen LogP contribution is 2.09. The van der Waals surface area contributed by atoms with Gasteiger partial charge in [-0.25, -0.2) is 0 Å². The first kappa shape index (κ1) is 6.85. The van der Waals surface area contributed by atoms with Crippen LogP contribution in [0.1, 0.15) is 6.42 Å². The molecule has 0 saturated carbocycles. The van der Waals surface area contributed by atoms with Crippen LogP contribution in [0.25, 0.3) is 0 Å². The topological polar surface area (TPSA) is 0 Å². The zero-order chi connectivity index (χ0) is 7.40. The smallest absolute Gasteiger partial charge is 0.00896 e. The van der Waals surface area contributed by atoms with Gasteiger partial charge in [-0.1, -0.05) is 25.3 Å².